The van der Waals surface area contributed by atoms with Gasteiger partial charge in [0.15, 0.2) is 6.29 Å². The van der Waals surface area contributed by atoms with E-state index in [9.17, 15) is 13.2 Å². The second-order valence-corrected chi connectivity index (χ2v) is 9.08. The molecule has 1 saturated heterocycles. The molecule has 0 N–H and O–H groups in total. The van der Waals surface area contributed by atoms with Crippen LogP contribution in [-0.2, 0) is 15.6 Å². The first-order valence-corrected chi connectivity index (χ1v) is 11.7. The summed E-state index contributed by atoms with van der Waals surface area (Å²) in [6.45, 7) is 1.46. The molecule has 0 atom stereocenters. The lowest BCUT2D eigenvalue weighted by Crippen LogP contribution is -2.31. The van der Waals surface area contributed by atoms with E-state index in [2.05, 4.69) is 0 Å². The number of alkyl halides is 2. The summed E-state index contributed by atoms with van der Waals surface area (Å²) in [7, 11) is 0. The van der Waals surface area contributed by atoms with Crippen molar-refractivity contribution in [3.63, 3.8) is 0 Å². The highest BCUT2D eigenvalue weighted by Crippen LogP contribution is 2.37. The normalized spacial score (nSPS) is 21.5. The minimum absolute atomic E-state index is 0.104. The molecule has 1 aliphatic carbocycles. The summed E-state index contributed by atoms with van der Waals surface area (Å²) in [5.74, 6) is 0.593. The molecule has 0 spiro atoms. The molecule has 3 aromatic carbocycles. The monoisotopic (exact) mass is 468 g/mol. The maximum absolute atomic E-state index is 14.5. The highest BCUT2D eigenvalue weighted by Gasteiger charge is 2.34. The Morgan fingerprint density at radius 1 is 0.706 bits per heavy atom. The number of halogens is 3. The van der Waals surface area contributed by atoms with E-state index in [1.165, 1.54) is 49.9 Å². The summed E-state index contributed by atoms with van der Waals surface area (Å²) in [5.41, 5.74) is 2.37. The van der Waals surface area contributed by atoms with Crippen LogP contribution >= 0.6 is 0 Å². The first-order valence-electron chi connectivity index (χ1n) is 11.7. The summed E-state index contributed by atoms with van der Waals surface area (Å²) >= 11 is 0. The van der Waals surface area contributed by atoms with Crippen LogP contribution in [0.3, 0.4) is 0 Å². The first kappa shape index (κ1) is 22.9. The van der Waals surface area contributed by atoms with Gasteiger partial charge in [-0.05, 0) is 53.4 Å². The summed E-state index contributed by atoms with van der Waals surface area (Å²) in [6.07, 6.45) is 1.28. The average molecular weight is 469 g/mol. The molecular formula is C28H27F3O3. The highest BCUT2D eigenvalue weighted by atomic mass is 19.3. The molecule has 2 fully saturated rings. The fraction of sp³-hybridized carbons (Fsp3) is 0.357. The SMILES string of the molecule is Fc1ccc(OC(F)(F)c2ccc(-c3ccc(C4OCC(C5CCCC5)CO4)cc3)cc2)cc1. The average Bonchev–Trinajstić information content (AvgIpc) is 3.41. The summed E-state index contributed by atoms with van der Waals surface area (Å²) < 4.78 is 58.8. The summed E-state index contributed by atoms with van der Waals surface area (Å²) in [6, 6.07) is 18.2. The minimum Gasteiger partial charge on any atom is -0.429 e. The number of benzene rings is 3. The van der Waals surface area contributed by atoms with Crippen molar-refractivity contribution >= 4 is 0 Å². The van der Waals surface area contributed by atoms with E-state index in [-0.39, 0.29) is 17.6 Å². The Hall–Kier alpha value is -2.83. The summed E-state index contributed by atoms with van der Waals surface area (Å²) in [5, 5.41) is 0. The van der Waals surface area contributed by atoms with Gasteiger partial charge in [0.05, 0.1) is 18.8 Å². The minimum atomic E-state index is -3.54. The Balaban J connectivity index is 1.21. The standard InChI is InChI=1S/C28H27F3O3/c29-25-13-15-26(16-14-25)34-28(30,31)24-11-9-21(10-12-24)20-5-7-22(8-6-20)27-32-17-23(18-33-27)19-3-1-2-4-19/h5-16,19,23,27H,1-4,17-18H2. The molecule has 0 unspecified atom stereocenters. The largest absolute Gasteiger partial charge is 0.429 e. The number of ether oxygens (including phenoxy) is 3. The van der Waals surface area contributed by atoms with Gasteiger partial charge in [-0.3, -0.25) is 0 Å². The number of hydrogen-bond donors (Lipinski definition) is 0. The zero-order valence-corrected chi connectivity index (χ0v) is 18.8. The number of hydrogen-bond acceptors (Lipinski definition) is 3. The Labute approximate surface area is 197 Å². The molecule has 0 aromatic heterocycles. The second-order valence-electron chi connectivity index (χ2n) is 9.08. The molecule has 0 bridgehead atoms. The first-order chi connectivity index (χ1) is 16.5. The lowest BCUT2D eigenvalue weighted by Gasteiger charge is -2.32. The van der Waals surface area contributed by atoms with Gasteiger partial charge in [0.25, 0.3) is 0 Å². The van der Waals surface area contributed by atoms with Crippen LogP contribution in [0.25, 0.3) is 11.1 Å². The van der Waals surface area contributed by atoms with Gasteiger partial charge in [0.1, 0.15) is 11.6 Å². The van der Waals surface area contributed by atoms with Crippen LogP contribution in [-0.4, -0.2) is 13.2 Å². The van der Waals surface area contributed by atoms with E-state index in [1.54, 1.807) is 12.1 Å². The van der Waals surface area contributed by atoms with Crippen molar-refractivity contribution in [2.75, 3.05) is 13.2 Å². The van der Waals surface area contributed by atoms with Gasteiger partial charge >= 0.3 is 6.11 Å². The van der Waals surface area contributed by atoms with Gasteiger partial charge in [-0.25, -0.2) is 4.39 Å². The van der Waals surface area contributed by atoms with Crippen LogP contribution in [0.1, 0.15) is 43.1 Å². The van der Waals surface area contributed by atoms with Gasteiger partial charge < -0.3 is 14.2 Å². The Bertz CT molecular complexity index is 1070. The zero-order valence-electron chi connectivity index (χ0n) is 18.8. The fourth-order valence-corrected chi connectivity index (χ4v) is 4.81. The molecule has 34 heavy (non-hydrogen) atoms. The molecule has 2 aliphatic rings. The van der Waals surface area contributed by atoms with E-state index in [0.717, 1.165) is 48.0 Å². The van der Waals surface area contributed by atoms with Crippen molar-refractivity contribution in [1.82, 2.24) is 0 Å². The van der Waals surface area contributed by atoms with Gasteiger partial charge in [-0.1, -0.05) is 62.1 Å². The van der Waals surface area contributed by atoms with E-state index in [0.29, 0.717) is 5.92 Å². The Kier molecular flexibility index (Phi) is 6.61. The predicted molar refractivity (Wildman–Crippen MR) is 123 cm³/mol. The smallest absolute Gasteiger partial charge is 0.426 e. The van der Waals surface area contributed by atoms with E-state index < -0.39 is 11.9 Å². The third-order valence-electron chi connectivity index (χ3n) is 6.79. The lowest BCUT2D eigenvalue weighted by molar-refractivity contribution is -0.212. The maximum Gasteiger partial charge on any atom is 0.426 e. The Morgan fingerprint density at radius 3 is 1.85 bits per heavy atom. The molecule has 3 aromatic rings. The molecule has 3 nitrogen and oxygen atoms in total. The predicted octanol–water partition coefficient (Wildman–Crippen LogP) is 7.47. The van der Waals surface area contributed by atoms with Gasteiger partial charge in [-0.2, -0.15) is 8.78 Å². The molecule has 1 saturated carbocycles. The van der Waals surface area contributed by atoms with Crippen molar-refractivity contribution in [1.29, 1.82) is 0 Å². The highest BCUT2D eigenvalue weighted by molar-refractivity contribution is 5.64. The van der Waals surface area contributed by atoms with Crippen molar-refractivity contribution < 1.29 is 27.4 Å². The molecule has 1 aliphatic heterocycles. The molecule has 178 valence electrons. The van der Waals surface area contributed by atoms with Gasteiger partial charge in [-0.15, -0.1) is 0 Å². The van der Waals surface area contributed by atoms with E-state index in [4.69, 9.17) is 14.2 Å². The molecule has 0 radical (unpaired) electrons. The molecule has 1 heterocycles. The molecule has 5 rings (SSSR count). The third-order valence-corrected chi connectivity index (χ3v) is 6.79. The van der Waals surface area contributed by atoms with Crippen LogP contribution in [0.5, 0.6) is 5.75 Å². The third kappa shape index (κ3) is 5.13. The quantitative estimate of drug-likeness (QED) is 0.376. The van der Waals surface area contributed by atoms with Crippen LogP contribution in [0, 0.1) is 17.7 Å². The van der Waals surface area contributed by atoms with E-state index >= 15 is 0 Å². The van der Waals surface area contributed by atoms with E-state index in [1.807, 2.05) is 24.3 Å². The van der Waals surface area contributed by atoms with Crippen molar-refractivity contribution in [2.45, 2.75) is 38.1 Å². The molecule has 6 heteroatoms. The van der Waals surface area contributed by atoms with Crippen LogP contribution in [0.15, 0.2) is 72.8 Å². The van der Waals surface area contributed by atoms with Gasteiger partial charge in [0.2, 0.25) is 0 Å². The van der Waals surface area contributed by atoms with Crippen LogP contribution < -0.4 is 4.74 Å². The topological polar surface area (TPSA) is 27.7 Å². The van der Waals surface area contributed by atoms with Crippen LogP contribution in [0.4, 0.5) is 13.2 Å². The van der Waals surface area contributed by atoms with Crippen molar-refractivity contribution in [3.05, 3.63) is 89.7 Å². The number of rotatable bonds is 6. The van der Waals surface area contributed by atoms with Crippen molar-refractivity contribution in [2.24, 2.45) is 11.8 Å². The summed E-state index contributed by atoms with van der Waals surface area (Å²) in [4.78, 5) is 0. The fourth-order valence-electron chi connectivity index (χ4n) is 4.81. The van der Waals surface area contributed by atoms with Crippen LogP contribution in [0.2, 0.25) is 0 Å². The lowest BCUT2D eigenvalue weighted by atomic mass is 9.91. The maximum atomic E-state index is 14.5. The second kappa shape index (κ2) is 9.80. The zero-order chi connectivity index (χ0) is 23.5. The molecule has 0 amide bonds. The van der Waals surface area contributed by atoms with Gasteiger partial charge in [0, 0.05) is 11.5 Å². The van der Waals surface area contributed by atoms with Crippen molar-refractivity contribution in [3.8, 4) is 16.9 Å². The molecular weight excluding hydrogens is 441 g/mol. The Morgan fingerprint density at radius 2 is 1.26 bits per heavy atom.